The van der Waals surface area contributed by atoms with Gasteiger partial charge in [0.2, 0.25) is 0 Å². The molecule has 0 unspecified atom stereocenters. The molecule has 0 radical (unpaired) electrons. The highest BCUT2D eigenvalue weighted by molar-refractivity contribution is 5.85. The second kappa shape index (κ2) is 6.64. The first-order valence-corrected chi connectivity index (χ1v) is 9.07. The lowest BCUT2D eigenvalue weighted by Gasteiger charge is -2.44. The van der Waals surface area contributed by atoms with Gasteiger partial charge in [0.1, 0.15) is 11.8 Å². The van der Waals surface area contributed by atoms with Crippen LogP contribution in [0.3, 0.4) is 0 Å². The fraction of sp³-hybridized carbons (Fsp3) is 0.611. The van der Waals surface area contributed by atoms with E-state index in [0.29, 0.717) is 22.3 Å². The molecule has 0 atom stereocenters. The molecular formula is C18H22F3N5. The van der Waals surface area contributed by atoms with Crippen LogP contribution in [0.15, 0.2) is 18.5 Å². The van der Waals surface area contributed by atoms with E-state index in [0.717, 1.165) is 39.0 Å². The Hall–Kier alpha value is -1.96. The van der Waals surface area contributed by atoms with Gasteiger partial charge >= 0.3 is 6.18 Å². The van der Waals surface area contributed by atoms with Crippen molar-refractivity contribution < 1.29 is 13.2 Å². The van der Waals surface area contributed by atoms with Gasteiger partial charge in [-0.2, -0.15) is 13.2 Å². The summed E-state index contributed by atoms with van der Waals surface area (Å²) in [6, 6.07) is 3.00. The van der Waals surface area contributed by atoms with E-state index in [1.807, 2.05) is 0 Å². The van der Waals surface area contributed by atoms with Gasteiger partial charge in [-0.05, 0) is 56.3 Å². The first-order valence-electron chi connectivity index (χ1n) is 9.07. The molecule has 2 aromatic rings. The van der Waals surface area contributed by atoms with E-state index in [9.17, 15) is 13.2 Å². The zero-order valence-corrected chi connectivity index (χ0v) is 14.5. The largest absolute Gasteiger partial charge is 0.394 e. The average Bonchev–Trinajstić information content (AvgIpc) is 2.61. The lowest BCUT2D eigenvalue weighted by molar-refractivity contribution is -0.127. The van der Waals surface area contributed by atoms with Crippen LogP contribution in [0.25, 0.3) is 11.0 Å². The maximum absolute atomic E-state index is 12.7. The monoisotopic (exact) mass is 365 g/mol. The van der Waals surface area contributed by atoms with E-state index in [-0.39, 0.29) is 5.69 Å². The Bertz CT molecular complexity index is 776. The first-order chi connectivity index (χ1) is 12.4. The van der Waals surface area contributed by atoms with Gasteiger partial charge in [0, 0.05) is 13.1 Å². The van der Waals surface area contributed by atoms with Gasteiger partial charge in [-0.15, -0.1) is 0 Å². The summed E-state index contributed by atoms with van der Waals surface area (Å²) in [5.74, 6) is 0.655. The average molecular weight is 365 g/mol. The molecule has 8 heteroatoms. The van der Waals surface area contributed by atoms with Crippen molar-refractivity contribution in [3.8, 4) is 0 Å². The van der Waals surface area contributed by atoms with Gasteiger partial charge in [0.25, 0.3) is 0 Å². The molecule has 4 heterocycles. The molecule has 2 aliphatic heterocycles. The molecule has 2 aromatic heterocycles. The van der Waals surface area contributed by atoms with Gasteiger partial charge in [-0.3, -0.25) is 0 Å². The van der Waals surface area contributed by atoms with Crippen LogP contribution < -0.4 is 10.2 Å². The summed E-state index contributed by atoms with van der Waals surface area (Å²) >= 11 is 0. The molecule has 4 rings (SSSR count). The number of piperidine rings is 2. The first kappa shape index (κ1) is 17.5. The fourth-order valence-corrected chi connectivity index (χ4v) is 4.15. The van der Waals surface area contributed by atoms with Crippen LogP contribution in [0.4, 0.5) is 19.0 Å². The van der Waals surface area contributed by atoms with Crippen LogP contribution in [0.2, 0.25) is 0 Å². The van der Waals surface area contributed by atoms with Crippen molar-refractivity contribution in [3.05, 3.63) is 24.2 Å². The zero-order valence-electron chi connectivity index (χ0n) is 14.5. The maximum Gasteiger partial charge on any atom is 0.394 e. The highest BCUT2D eigenvalue weighted by atomic mass is 19.4. The predicted octanol–water partition coefficient (Wildman–Crippen LogP) is 3.10. The Morgan fingerprint density at radius 1 is 1.04 bits per heavy atom. The van der Waals surface area contributed by atoms with E-state index in [2.05, 4.69) is 25.2 Å². The number of fused-ring (bicyclic) bond motifs is 1. The minimum atomic E-state index is -4.27. The van der Waals surface area contributed by atoms with Crippen LogP contribution in [-0.2, 0) is 6.42 Å². The second-order valence-corrected chi connectivity index (χ2v) is 7.40. The summed E-state index contributed by atoms with van der Waals surface area (Å²) in [4.78, 5) is 14.9. The number of anilines is 1. The van der Waals surface area contributed by atoms with Crippen LogP contribution in [0.1, 0.15) is 31.4 Å². The van der Waals surface area contributed by atoms with Crippen LogP contribution in [0, 0.1) is 5.41 Å². The van der Waals surface area contributed by atoms with Crippen LogP contribution in [-0.4, -0.2) is 47.3 Å². The normalized spacial score (nSPS) is 20.7. The molecule has 2 saturated heterocycles. The number of alkyl halides is 3. The third-order valence-electron chi connectivity index (χ3n) is 5.69. The minimum Gasteiger partial charge on any atom is -0.355 e. The van der Waals surface area contributed by atoms with Gasteiger partial charge in [0.15, 0.2) is 5.82 Å². The Kier molecular flexibility index (Phi) is 4.46. The van der Waals surface area contributed by atoms with E-state index in [4.69, 9.17) is 0 Å². The molecule has 5 nitrogen and oxygen atoms in total. The summed E-state index contributed by atoms with van der Waals surface area (Å²) < 4.78 is 38.1. The predicted molar refractivity (Wildman–Crippen MR) is 93.1 cm³/mol. The number of hydrogen-bond acceptors (Lipinski definition) is 5. The van der Waals surface area contributed by atoms with Gasteiger partial charge in [-0.25, -0.2) is 15.0 Å². The zero-order chi connectivity index (χ0) is 18.2. The molecular weight excluding hydrogens is 343 g/mol. The smallest absolute Gasteiger partial charge is 0.355 e. The number of hydrogen-bond donors (Lipinski definition) is 1. The molecule has 1 spiro atoms. The Balaban J connectivity index is 1.59. The summed E-state index contributed by atoms with van der Waals surface area (Å²) in [5, 5.41) is 3.41. The molecule has 26 heavy (non-hydrogen) atoms. The van der Waals surface area contributed by atoms with Crippen molar-refractivity contribution in [2.75, 3.05) is 31.1 Å². The molecule has 140 valence electrons. The van der Waals surface area contributed by atoms with Crippen molar-refractivity contribution in [2.45, 2.75) is 38.3 Å². The number of nitrogens with one attached hydrogen (secondary N) is 1. The summed E-state index contributed by atoms with van der Waals surface area (Å²) in [6.45, 7) is 3.85. The third-order valence-corrected chi connectivity index (χ3v) is 5.69. The molecule has 0 aromatic carbocycles. The SMILES string of the molecule is FC(F)(F)Cc1ccc2ncnc(N3CCC4(CCNCC4)CC3)c2n1. The van der Waals surface area contributed by atoms with Gasteiger partial charge < -0.3 is 10.2 Å². The Labute approximate surface area is 150 Å². The van der Waals surface area contributed by atoms with E-state index in [1.165, 1.54) is 25.2 Å². The van der Waals surface area contributed by atoms with Crippen molar-refractivity contribution in [1.82, 2.24) is 20.3 Å². The molecule has 1 N–H and O–H groups in total. The second-order valence-electron chi connectivity index (χ2n) is 7.40. The quantitative estimate of drug-likeness (QED) is 0.886. The van der Waals surface area contributed by atoms with Gasteiger partial charge in [-0.1, -0.05) is 0 Å². The van der Waals surface area contributed by atoms with Crippen LogP contribution in [0.5, 0.6) is 0 Å². The Morgan fingerprint density at radius 2 is 1.77 bits per heavy atom. The molecule has 0 saturated carbocycles. The topological polar surface area (TPSA) is 53.9 Å². The number of nitrogens with zero attached hydrogens (tertiary/aromatic N) is 4. The minimum absolute atomic E-state index is 0.00730. The fourth-order valence-electron chi connectivity index (χ4n) is 4.15. The molecule has 2 aliphatic rings. The van der Waals surface area contributed by atoms with E-state index < -0.39 is 12.6 Å². The van der Waals surface area contributed by atoms with Crippen molar-refractivity contribution in [3.63, 3.8) is 0 Å². The summed E-state index contributed by atoms with van der Waals surface area (Å²) in [5.41, 5.74) is 1.46. The lowest BCUT2D eigenvalue weighted by atomic mass is 9.71. The molecule has 0 aliphatic carbocycles. The number of halogens is 3. The van der Waals surface area contributed by atoms with Crippen molar-refractivity contribution >= 4 is 16.9 Å². The highest BCUT2D eigenvalue weighted by Crippen LogP contribution is 2.40. The van der Waals surface area contributed by atoms with E-state index >= 15 is 0 Å². The third kappa shape index (κ3) is 3.60. The maximum atomic E-state index is 12.7. The Morgan fingerprint density at radius 3 is 2.46 bits per heavy atom. The molecule has 0 bridgehead atoms. The summed E-state index contributed by atoms with van der Waals surface area (Å²) in [6.07, 6.45) is 0.720. The van der Waals surface area contributed by atoms with Crippen molar-refractivity contribution in [2.24, 2.45) is 5.41 Å². The number of rotatable bonds is 2. The van der Waals surface area contributed by atoms with Crippen molar-refractivity contribution in [1.29, 1.82) is 0 Å². The molecule has 0 amide bonds. The lowest BCUT2D eigenvalue weighted by Crippen LogP contribution is -2.45. The number of aromatic nitrogens is 3. The number of pyridine rings is 1. The summed E-state index contributed by atoms with van der Waals surface area (Å²) in [7, 11) is 0. The van der Waals surface area contributed by atoms with Gasteiger partial charge in [0.05, 0.1) is 17.6 Å². The molecule has 2 fully saturated rings. The highest BCUT2D eigenvalue weighted by Gasteiger charge is 2.36. The van der Waals surface area contributed by atoms with E-state index in [1.54, 1.807) is 6.07 Å². The van der Waals surface area contributed by atoms with Crippen LogP contribution >= 0.6 is 0 Å². The standard InChI is InChI=1S/C18H22F3N5/c19-18(20,21)11-13-1-2-14-15(25-13)16(24-12-23-14)26-9-5-17(6-10-26)3-7-22-8-4-17/h1-2,12,22H,3-11H2.